The first-order valence-corrected chi connectivity index (χ1v) is 20.0. The quantitative estimate of drug-likeness (QED) is 0.348. The van der Waals surface area contributed by atoms with Gasteiger partial charge in [0.15, 0.2) is 0 Å². The molecule has 2 fully saturated rings. The first-order valence-electron chi connectivity index (χ1n) is 18.5. The lowest BCUT2D eigenvalue weighted by Crippen LogP contribution is -2.67. The van der Waals surface area contributed by atoms with E-state index < -0.39 is 73.8 Å². The molecule has 16 heteroatoms. The topological polar surface area (TPSA) is 195 Å². The van der Waals surface area contributed by atoms with Gasteiger partial charge in [0.2, 0.25) is 27.7 Å². The lowest BCUT2D eigenvalue weighted by molar-refractivity contribution is -0.142. The molecule has 15 nitrogen and oxygen atoms in total. The second-order valence-corrected chi connectivity index (χ2v) is 18.0. The Hall–Kier alpha value is -4.73. The third-order valence-electron chi connectivity index (χ3n) is 10.5. The van der Waals surface area contributed by atoms with Gasteiger partial charge < -0.3 is 29.7 Å². The summed E-state index contributed by atoms with van der Waals surface area (Å²) >= 11 is 0. The Morgan fingerprint density at radius 1 is 1.06 bits per heavy atom. The zero-order chi connectivity index (χ0) is 39.1. The van der Waals surface area contributed by atoms with E-state index in [-0.39, 0.29) is 18.8 Å². The van der Waals surface area contributed by atoms with Crippen molar-refractivity contribution in [1.29, 1.82) is 0 Å². The fraction of sp³-hybridized carbons (Fsp3) is 0.579. The molecular weight excluding hydrogens is 717 g/mol. The first kappa shape index (κ1) is 39.0. The van der Waals surface area contributed by atoms with Crippen LogP contribution < -0.4 is 24.8 Å². The SMILES string of the molecule is COc1ccc2nc(C)c(O[C@@H]3C[C@H]4C(=O)N[C@]5(C(=O)NS(=O)(=O)C6(C)CC6)C=C[C@H]5/C=C\CCCCC[C@H](NC(=O)OC(C)(C)C)C(=O)N4C3)nc2c1. The van der Waals surface area contributed by atoms with Gasteiger partial charge in [0.25, 0.3) is 5.91 Å². The highest BCUT2D eigenvalue weighted by Gasteiger charge is 2.56. The van der Waals surface area contributed by atoms with E-state index in [4.69, 9.17) is 14.2 Å². The van der Waals surface area contributed by atoms with Gasteiger partial charge in [0.1, 0.15) is 40.8 Å². The van der Waals surface area contributed by atoms with Crippen molar-refractivity contribution in [1.82, 2.24) is 30.2 Å². The molecule has 2 aliphatic heterocycles. The second-order valence-electron chi connectivity index (χ2n) is 15.8. The molecule has 3 heterocycles. The molecule has 1 saturated heterocycles. The molecule has 54 heavy (non-hydrogen) atoms. The van der Waals surface area contributed by atoms with Gasteiger partial charge in [-0.1, -0.05) is 37.1 Å². The summed E-state index contributed by atoms with van der Waals surface area (Å²) in [5.74, 6) is -1.92. The van der Waals surface area contributed by atoms with E-state index in [9.17, 15) is 27.6 Å². The number of fused-ring (bicyclic) bond motifs is 3. The predicted octanol–water partition coefficient (Wildman–Crippen LogP) is 3.75. The van der Waals surface area contributed by atoms with E-state index in [1.807, 2.05) is 6.08 Å². The van der Waals surface area contributed by atoms with Crippen molar-refractivity contribution in [2.75, 3.05) is 13.7 Å². The van der Waals surface area contributed by atoms with Gasteiger partial charge in [-0.05, 0) is 78.9 Å². The maximum atomic E-state index is 14.5. The van der Waals surface area contributed by atoms with Crippen LogP contribution in [0, 0.1) is 12.8 Å². The minimum absolute atomic E-state index is 0.00624. The summed E-state index contributed by atoms with van der Waals surface area (Å²) in [7, 11) is -2.49. The van der Waals surface area contributed by atoms with Crippen molar-refractivity contribution < 1.29 is 41.8 Å². The largest absolute Gasteiger partial charge is 0.497 e. The number of hydrogen-bond acceptors (Lipinski definition) is 11. The number of carbonyl (C=O) groups is 4. The smallest absolute Gasteiger partial charge is 0.408 e. The molecular formula is C38H50N6O9S. The summed E-state index contributed by atoms with van der Waals surface area (Å²) in [6.07, 6.45) is 9.33. The van der Waals surface area contributed by atoms with Crippen LogP contribution in [-0.2, 0) is 29.1 Å². The lowest BCUT2D eigenvalue weighted by Gasteiger charge is -2.42. The van der Waals surface area contributed by atoms with E-state index in [1.165, 1.54) is 11.0 Å². The summed E-state index contributed by atoms with van der Waals surface area (Å²) in [5.41, 5.74) is -0.898. The summed E-state index contributed by atoms with van der Waals surface area (Å²) < 4.78 is 44.8. The number of allylic oxidation sites excluding steroid dienone is 1. The molecule has 0 radical (unpaired) electrons. The fourth-order valence-corrected chi connectivity index (χ4v) is 8.20. The Kier molecular flexibility index (Phi) is 10.7. The van der Waals surface area contributed by atoms with E-state index in [1.54, 1.807) is 72.1 Å². The molecule has 1 aromatic heterocycles. The van der Waals surface area contributed by atoms with Crippen molar-refractivity contribution in [3.63, 3.8) is 0 Å². The summed E-state index contributed by atoms with van der Waals surface area (Å²) in [6, 6.07) is 3.09. The molecule has 3 N–H and O–H groups in total. The molecule has 292 valence electrons. The highest BCUT2D eigenvalue weighted by molar-refractivity contribution is 7.91. The standard InChI is InChI=1S/C38H50N6O9S/c1-23-32(40-29-20-25(51-6)14-15-27(29)39-23)52-26-21-30-31(45)42-38(34(47)43-54(49,50)37(5)18-19-37)17-16-24(38)12-10-8-7-9-11-13-28(33(46)44(30)22-26)41-35(48)53-36(2,3)4/h10,12,14-17,20,24,26,28,30H,7-9,11,13,18-19,21-22H2,1-6H3,(H,41,48)(H,42,45)(H,43,47)/b12-10-/t24-,26-,28+,30+,38-/m1/s1. The number of sulfonamides is 1. The Balaban J connectivity index is 1.33. The maximum absolute atomic E-state index is 14.5. The third kappa shape index (κ3) is 8.17. The normalized spacial score (nSPS) is 27.6. The Labute approximate surface area is 315 Å². The molecule has 0 bridgehead atoms. The number of aromatic nitrogens is 2. The van der Waals surface area contributed by atoms with Gasteiger partial charge in [-0.2, -0.15) is 0 Å². The number of alkyl carbamates (subject to hydrolysis) is 1. The monoisotopic (exact) mass is 766 g/mol. The van der Waals surface area contributed by atoms with Crippen molar-refractivity contribution in [2.45, 2.75) is 120 Å². The molecule has 2 aliphatic carbocycles. The van der Waals surface area contributed by atoms with Crippen LogP contribution in [0.1, 0.15) is 84.8 Å². The van der Waals surface area contributed by atoms with E-state index in [2.05, 4.69) is 25.3 Å². The van der Waals surface area contributed by atoms with Crippen molar-refractivity contribution in [2.24, 2.45) is 5.92 Å². The zero-order valence-electron chi connectivity index (χ0n) is 31.6. The van der Waals surface area contributed by atoms with Crippen LogP contribution in [0.3, 0.4) is 0 Å². The number of nitrogens with zero attached hydrogens (tertiary/aromatic N) is 3. The van der Waals surface area contributed by atoms with Crippen molar-refractivity contribution in [3.8, 4) is 11.6 Å². The number of benzene rings is 1. The number of nitrogens with one attached hydrogen (secondary N) is 3. The van der Waals surface area contributed by atoms with E-state index in [0.717, 1.165) is 12.8 Å². The van der Waals surface area contributed by atoms with Crippen LogP contribution in [-0.4, -0.2) is 94.8 Å². The van der Waals surface area contributed by atoms with Crippen molar-refractivity contribution in [3.05, 3.63) is 48.2 Å². The van der Waals surface area contributed by atoms with E-state index in [0.29, 0.717) is 54.6 Å². The number of aryl methyl sites for hydroxylation is 1. The van der Waals surface area contributed by atoms with Crippen LogP contribution in [0.15, 0.2) is 42.5 Å². The lowest BCUT2D eigenvalue weighted by atomic mass is 9.73. The highest BCUT2D eigenvalue weighted by Crippen LogP contribution is 2.43. The van der Waals surface area contributed by atoms with Crippen LogP contribution in [0.25, 0.3) is 11.0 Å². The molecule has 2 aromatic rings. The average Bonchev–Trinajstić information content (AvgIpc) is 3.72. The molecule has 1 saturated carbocycles. The van der Waals surface area contributed by atoms with E-state index >= 15 is 0 Å². The number of methoxy groups -OCH3 is 1. The minimum atomic E-state index is -4.04. The maximum Gasteiger partial charge on any atom is 0.408 e. The highest BCUT2D eigenvalue weighted by atomic mass is 32.2. The summed E-state index contributed by atoms with van der Waals surface area (Å²) in [4.78, 5) is 66.6. The molecule has 1 aromatic carbocycles. The molecule has 0 unspecified atom stereocenters. The summed E-state index contributed by atoms with van der Waals surface area (Å²) in [5, 5.41) is 5.58. The Morgan fingerprint density at radius 2 is 1.81 bits per heavy atom. The van der Waals surface area contributed by atoms with Gasteiger partial charge in [0.05, 0.1) is 29.4 Å². The minimum Gasteiger partial charge on any atom is -0.497 e. The molecule has 4 aliphatic rings. The third-order valence-corrected chi connectivity index (χ3v) is 12.6. The molecule has 5 atom stereocenters. The van der Waals surface area contributed by atoms with Gasteiger partial charge in [-0.3, -0.25) is 19.1 Å². The molecule has 6 rings (SSSR count). The number of amides is 4. The van der Waals surface area contributed by atoms with Crippen LogP contribution >= 0.6 is 0 Å². The van der Waals surface area contributed by atoms with Gasteiger partial charge in [0, 0.05) is 18.4 Å². The fourth-order valence-electron chi connectivity index (χ4n) is 6.90. The van der Waals surface area contributed by atoms with Crippen LogP contribution in [0.2, 0.25) is 0 Å². The predicted molar refractivity (Wildman–Crippen MR) is 199 cm³/mol. The number of hydrogen-bond donors (Lipinski definition) is 3. The average molecular weight is 767 g/mol. The zero-order valence-corrected chi connectivity index (χ0v) is 32.5. The van der Waals surface area contributed by atoms with Crippen LogP contribution in [0.5, 0.6) is 11.6 Å². The first-order chi connectivity index (χ1) is 25.4. The van der Waals surface area contributed by atoms with Gasteiger partial charge >= 0.3 is 6.09 Å². The second kappa shape index (κ2) is 14.8. The number of rotatable bonds is 7. The molecule has 0 spiro atoms. The Morgan fingerprint density at radius 3 is 2.48 bits per heavy atom. The number of ether oxygens (including phenoxy) is 3. The van der Waals surface area contributed by atoms with Crippen LogP contribution in [0.4, 0.5) is 4.79 Å². The number of carbonyl (C=O) groups excluding carboxylic acids is 4. The van der Waals surface area contributed by atoms with Crippen molar-refractivity contribution >= 4 is 44.9 Å². The van der Waals surface area contributed by atoms with Gasteiger partial charge in [-0.25, -0.2) is 23.2 Å². The summed E-state index contributed by atoms with van der Waals surface area (Å²) in [6.45, 7) is 8.43. The van der Waals surface area contributed by atoms with Gasteiger partial charge in [-0.15, -0.1) is 0 Å². The Bertz CT molecular complexity index is 1990. The molecule has 4 amide bonds.